The molecule has 23 heavy (non-hydrogen) atoms. The van der Waals surface area contributed by atoms with Gasteiger partial charge in [-0.15, -0.1) is 4.36 Å². The predicted molar refractivity (Wildman–Crippen MR) is 88.4 cm³/mol. The van der Waals surface area contributed by atoms with E-state index in [0.29, 0.717) is 36.8 Å². The van der Waals surface area contributed by atoms with Crippen LogP contribution in [0, 0.1) is 0 Å². The summed E-state index contributed by atoms with van der Waals surface area (Å²) in [6.07, 6.45) is 0. The van der Waals surface area contributed by atoms with Gasteiger partial charge in [-0.25, -0.2) is 8.51 Å². The molecule has 1 saturated heterocycles. The van der Waals surface area contributed by atoms with Crippen molar-refractivity contribution in [1.29, 1.82) is 0 Å². The summed E-state index contributed by atoms with van der Waals surface area (Å²) < 4.78 is 24.8. The van der Waals surface area contributed by atoms with E-state index < -0.39 is 15.8 Å². The maximum atomic E-state index is 13.6. The molecule has 0 radical (unpaired) electrons. The van der Waals surface area contributed by atoms with E-state index in [4.69, 9.17) is 4.74 Å². The Hall–Kier alpha value is -2.02. The molecule has 120 valence electrons. The van der Waals surface area contributed by atoms with E-state index in [0.717, 1.165) is 0 Å². The van der Waals surface area contributed by atoms with Gasteiger partial charge in [-0.3, -0.25) is 4.79 Å². The molecule has 1 aliphatic rings. The molecule has 6 heteroatoms. The molecule has 0 aromatic heterocycles. The maximum Gasteiger partial charge on any atom is 0.286 e. The van der Waals surface area contributed by atoms with E-state index in [9.17, 15) is 9.00 Å². The number of carbonyl (C=O) groups is 1. The summed E-state index contributed by atoms with van der Waals surface area (Å²) in [7, 11) is -2.99. The van der Waals surface area contributed by atoms with E-state index in [1.165, 1.54) is 0 Å². The van der Waals surface area contributed by atoms with Gasteiger partial charge in [-0.05, 0) is 24.3 Å². The van der Waals surface area contributed by atoms with E-state index >= 15 is 0 Å². The molecule has 1 heterocycles. The predicted octanol–water partition coefficient (Wildman–Crippen LogP) is 2.60. The third-order valence-electron chi connectivity index (χ3n) is 3.60. The molecule has 0 spiro atoms. The Bertz CT molecular complexity index is 778. The molecule has 0 bridgehead atoms. The fourth-order valence-corrected chi connectivity index (χ4v) is 4.40. The van der Waals surface area contributed by atoms with Crippen LogP contribution >= 0.6 is 0 Å². The standard InChI is InChI=1S/C17H18N2O3S/c20-17(15-7-3-1-4-8-15)18-23(21,16-9-5-2-6-10-16)19-11-13-22-14-12-19/h1-10H,11-14H2. The SMILES string of the molecule is O=C(N=S(=O)(c1ccccc1)N1CCOCC1)c1ccccc1. The van der Waals surface area contributed by atoms with E-state index in [-0.39, 0.29) is 0 Å². The zero-order chi connectivity index (χ0) is 16.1. The number of hydrogen-bond donors (Lipinski definition) is 0. The van der Waals surface area contributed by atoms with Crippen LogP contribution in [0.4, 0.5) is 0 Å². The molecular weight excluding hydrogens is 312 g/mol. The first-order valence-electron chi connectivity index (χ1n) is 7.44. The summed E-state index contributed by atoms with van der Waals surface area (Å²) in [5.74, 6) is -0.467. The van der Waals surface area contributed by atoms with Crippen molar-refractivity contribution < 1.29 is 13.7 Å². The van der Waals surface area contributed by atoms with Crippen LogP contribution in [0.25, 0.3) is 0 Å². The van der Waals surface area contributed by atoms with Crippen LogP contribution in [-0.2, 0) is 14.7 Å². The Balaban J connectivity index is 2.06. The lowest BCUT2D eigenvalue weighted by molar-refractivity contribution is 0.0742. The summed E-state index contributed by atoms with van der Waals surface area (Å²) in [4.78, 5) is 13.0. The molecule has 0 aliphatic carbocycles. The highest BCUT2D eigenvalue weighted by Gasteiger charge is 2.26. The Kier molecular flexibility index (Phi) is 4.85. The van der Waals surface area contributed by atoms with Gasteiger partial charge >= 0.3 is 0 Å². The van der Waals surface area contributed by atoms with Crippen molar-refractivity contribution in [2.24, 2.45) is 4.36 Å². The van der Waals surface area contributed by atoms with Gasteiger partial charge in [0, 0.05) is 18.7 Å². The van der Waals surface area contributed by atoms with Crippen LogP contribution in [0.2, 0.25) is 0 Å². The molecule has 0 saturated carbocycles. The van der Waals surface area contributed by atoms with Gasteiger partial charge in [0.25, 0.3) is 5.91 Å². The minimum absolute atomic E-state index is 0.435. The van der Waals surface area contributed by atoms with Crippen LogP contribution in [0.5, 0.6) is 0 Å². The number of nitrogens with zero attached hydrogens (tertiary/aromatic N) is 2. The maximum absolute atomic E-state index is 13.6. The highest BCUT2D eigenvalue weighted by molar-refractivity contribution is 7.91. The number of morpholine rings is 1. The van der Waals surface area contributed by atoms with Crippen molar-refractivity contribution in [2.75, 3.05) is 26.3 Å². The second kappa shape index (κ2) is 7.04. The molecule has 2 aromatic carbocycles. The lowest BCUT2D eigenvalue weighted by Gasteiger charge is -2.29. The fraction of sp³-hybridized carbons (Fsp3) is 0.235. The van der Waals surface area contributed by atoms with Gasteiger partial charge in [0.1, 0.15) is 9.92 Å². The zero-order valence-corrected chi connectivity index (χ0v) is 13.4. The van der Waals surface area contributed by atoms with E-state index in [1.807, 2.05) is 12.1 Å². The second-order valence-corrected chi connectivity index (χ2v) is 7.28. The van der Waals surface area contributed by atoms with Crippen molar-refractivity contribution in [2.45, 2.75) is 4.90 Å². The van der Waals surface area contributed by atoms with Crippen molar-refractivity contribution in [1.82, 2.24) is 4.31 Å². The first kappa shape index (κ1) is 15.9. The van der Waals surface area contributed by atoms with Gasteiger partial charge in [0.15, 0.2) is 0 Å². The Morgan fingerprint density at radius 2 is 1.52 bits per heavy atom. The quantitative estimate of drug-likeness (QED) is 0.869. The molecule has 5 nitrogen and oxygen atoms in total. The number of ether oxygens (including phenoxy) is 1. The van der Waals surface area contributed by atoms with Crippen LogP contribution < -0.4 is 0 Å². The largest absolute Gasteiger partial charge is 0.379 e. The first-order chi connectivity index (χ1) is 11.2. The normalized spacial score (nSPS) is 18.1. The number of rotatable bonds is 3. The second-order valence-electron chi connectivity index (χ2n) is 5.11. The summed E-state index contributed by atoms with van der Waals surface area (Å²) in [6, 6.07) is 17.7. The summed E-state index contributed by atoms with van der Waals surface area (Å²) in [5, 5.41) is 0. The molecule has 1 amide bonds. The Morgan fingerprint density at radius 3 is 2.13 bits per heavy atom. The average molecular weight is 330 g/mol. The minimum Gasteiger partial charge on any atom is -0.379 e. The van der Waals surface area contributed by atoms with Crippen LogP contribution in [-0.4, -0.2) is 40.7 Å². The van der Waals surface area contributed by atoms with Crippen molar-refractivity contribution in [3.8, 4) is 0 Å². The monoisotopic (exact) mass is 330 g/mol. The lowest BCUT2D eigenvalue weighted by Crippen LogP contribution is -2.40. The van der Waals surface area contributed by atoms with E-state index in [1.54, 1.807) is 52.8 Å². The third kappa shape index (κ3) is 3.50. The van der Waals surface area contributed by atoms with Crippen molar-refractivity contribution in [3.05, 3.63) is 66.2 Å². The number of benzene rings is 2. The molecule has 2 aromatic rings. The Morgan fingerprint density at radius 1 is 0.957 bits per heavy atom. The van der Waals surface area contributed by atoms with Crippen LogP contribution in [0.1, 0.15) is 10.4 Å². The van der Waals surface area contributed by atoms with Gasteiger partial charge < -0.3 is 4.74 Å². The minimum atomic E-state index is -2.99. The molecule has 3 rings (SSSR count). The van der Waals surface area contributed by atoms with Gasteiger partial charge in [-0.2, -0.15) is 0 Å². The van der Waals surface area contributed by atoms with Crippen molar-refractivity contribution >= 4 is 15.8 Å². The van der Waals surface area contributed by atoms with E-state index in [2.05, 4.69) is 4.36 Å². The Labute approximate surface area is 136 Å². The highest BCUT2D eigenvalue weighted by atomic mass is 32.2. The first-order valence-corrected chi connectivity index (χ1v) is 8.92. The molecule has 1 unspecified atom stereocenters. The molecule has 1 fully saturated rings. The smallest absolute Gasteiger partial charge is 0.286 e. The summed E-state index contributed by atoms with van der Waals surface area (Å²) in [5.41, 5.74) is 0.435. The van der Waals surface area contributed by atoms with Gasteiger partial charge in [0.2, 0.25) is 0 Å². The lowest BCUT2D eigenvalue weighted by atomic mass is 10.2. The highest BCUT2D eigenvalue weighted by Crippen LogP contribution is 2.21. The number of amides is 1. The van der Waals surface area contributed by atoms with Crippen LogP contribution in [0.3, 0.4) is 0 Å². The number of hydrogen-bond acceptors (Lipinski definition) is 3. The molecule has 1 atom stereocenters. The molecule has 0 N–H and O–H groups in total. The van der Waals surface area contributed by atoms with Crippen molar-refractivity contribution in [3.63, 3.8) is 0 Å². The van der Waals surface area contributed by atoms with Gasteiger partial charge in [-0.1, -0.05) is 36.4 Å². The van der Waals surface area contributed by atoms with Crippen LogP contribution in [0.15, 0.2) is 69.9 Å². The number of carbonyl (C=O) groups excluding carboxylic acids is 1. The molecular formula is C17H18N2O3S. The van der Waals surface area contributed by atoms with Gasteiger partial charge in [0.05, 0.1) is 18.1 Å². The fourth-order valence-electron chi connectivity index (χ4n) is 2.40. The molecule has 1 aliphatic heterocycles. The zero-order valence-electron chi connectivity index (χ0n) is 12.6. The summed E-state index contributed by atoms with van der Waals surface area (Å²) >= 11 is 0. The average Bonchev–Trinajstić information content (AvgIpc) is 2.64. The summed E-state index contributed by atoms with van der Waals surface area (Å²) in [6.45, 7) is 1.94. The third-order valence-corrected chi connectivity index (χ3v) is 5.96. The topological polar surface area (TPSA) is 59.0 Å².